The van der Waals surface area contributed by atoms with Crippen molar-refractivity contribution in [1.29, 1.82) is 0 Å². The van der Waals surface area contributed by atoms with Crippen LogP contribution in [0.1, 0.15) is 5.56 Å². The molecule has 3 rings (SSSR count). The van der Waals surface area contributed by atoms with E-state index in [1.807, 2.05) is 36.4 Å². The zero-order chi connectivity index (χ0) is 19.1. The largest absolute Gasteiger partial charge is 0.496 e. The second-order valence-electron chi connectivity index (χ2n) is 6.80. The number of anilines is 2. The molecule has 2 aromatic rings. The average molecular weight is 368 g/mol. The Morgan fingerprint density at radius 3 is 2.44 bits per heavy atom. The number of nitrogens with zero attached hydrogens (tertiary/aromatic N) is 2. The number of para-hydroxylation sites is 1. The molecule has 1 fully saturated rings. The van der Waals surface area contributed by atoms with Crippen molar-refractivity contribution >= 4 is 17.3 Å². The molecular weight excluding hydrogens is 340 g/mol. The minimum Gasteiger partial charge on any atom is -0.496 e. The molecular formula is C21H28N4O2. The number of benzene rings is 2. The van der Waals surface area contributed by atoms with Gasteiger partial charge in [0.2, 0.25) is 5.91 Å². The fourth-order valence-corrected chi connectivity index (χ4v) is 3.19. The second-order valence-corrected chi connectivity index (χ2v) is 6.80. The number of piperazine rings is 1. The Morgan fingerprint density at radius 2 is 1.74 bits per heavy atom. The fraction of sp³-hybridized carbons (Fsp3) is 0.381. The van der Waals surface area contributed by atoms with Gasteiger partial charge in [-0.05, 0) is 37.4 Å². The van der Waals surface area contributed by atoms with Gasteiger partial charge in [0.25, 0.3) is 0 Å². The molecule has 6 heteroatoms. The fourth-order valence-electron chi connectivity index (χ4n) is 3.19. The monoisotopic (exact) mass is 368 g/mol. The summed E-state index contributed by atoms with van der Waals surface area (Å²) in [5, 5.41) is 6.09. The normalized spacial score (nSPS) is 14.8. The van der Waals surface area contributed by atoms with Gasteiger partial charge in [0, 0.05) is 49.7 Å². The lowest BCUT2D eigenvalue weighted by atomic mass is 10.2. The summed E-state index contributed by atoms with van der Waals surface area (Å²) in [4.78, 5) is 16.9. The third-order valence-corrected chi connectivity index (χ3v) is 4.81. The minimum absolute atomic E-state index is 0.0581. The Morgan fingerprint density at radius 1 is 1.04 bits per heavy atom. The van der Waals surface area contributed by atoms with Gasteiger partial charge in [-0.1, -0.05) is 18.2 Å². The number of amides is 1. The Labute approximate surface area is 161 Å². The van der Waals surface area contributed by atoms with E-state index in [0.29, 0.717) is 6.54 Å². The van der Waals surface area contributed by atoms with Gasteiger partial charge >= 0.3 is 0 Å². The smallest absolute Gasteiger partial charge is 0.238 e. The van der Waals surface area contributed by atoms with E-state index in [9.17, 15) is 4.79 Å². The molecule has 1 aliphatic heterocycles. The van der Waals surface area contributed by atoms with Gasteiger partial charge < -0.3 is 25.2 Å². The first kappa shape index (κ1) is 19.2. The number of hydrogen-bond donors (Lipinski definition) is 2. The van der Waals surface area contributed by atoms with Gasteiger partial charge in [0.1, 0.15) is 5.75 Å². The molecule has 0 aliphatic carbocycles. The first-order valence-electron chi connectivity index (χ1n) is 9.32. The molecule has 1 amide bonds. The number of carbonyl (C=O) groups excluding carboxylic acids is 1. The molecule has 0 radical (unpaired) electrons. The molecule has 6 nitrogen and oxygen atoms in total. The van der Waals surface area contributed by atoms with Gasteiger partial charge in [0.05, 0.1) is 13.7 Å². The summed E-state index contributed by atoms with van der Waals surface area (Å²) in [5.74, 6) is 0.766. The van der Waals surface area contributed by atoms with Crippen molar-refractivity contribution < 1.29 is 9.53 Å². The Hall–Kier alpha value is -2.57. The first-order valence-corrected chi connectivity index (χ1v) is 9.32. The summed E-state index contributed by atoms with van der Waals surface area (Å²) >= 11 is 0. The molecule has 0 unspecified atom stereocenters. The molecule has 1 heterocycles. The van der Waals surface area contributed by atoms with E-state index in [1.54, 1.807) is 7.11 Å². The Balaban J connectivity index is 1.45. The lowest BCUT2D eigenvalue weighted by molar-refractivity contribution is -0.115. The maximum Gasteiger partial charge on any atom is 0.238 e. The highest BCUT2D eigenvalue weighted by Crippen LogP contribution is 2.19. The number of rotatable bonds is 7. The van der Waals surface area contributed by atoms with E-state index >= 15 is 0 Å². The number of ether oxygens (including phenoxy) is 1. The number of likely N-dealkylation sites (N-methyl/N-ethyl adjacent to an activating group) is 1. The number of nitrogens with one attached hydrogen (secondary N) is 2. The molecule has 0 aromatic heterocycles. The van der Waals surface area contributed by atoms with Crippen LogP contribution in [-0.2, 0) is 11.3 Å². The van der Waals surface area contributed by atoms with E-state index in [2.05, 4.69) is 39.6 Å². The van der Waals surface area contributed by atoms with Crippen LogP contribution in [0.2, 0.25) is 0 Å². The molecule has 0 spiro atoms. The molecule has 0 atom stereocenters. The maximum absolute atomic E-state index is 12.2. The number of carbonyl (C=O) groups is 1. The van der Waals surface area contributed by atoms with Gasteiger partial charge in [-0.15, -0.1) is 0 Å². The zero-order valence-electron chi connectivity index (χ0n) is 16.1. The van der Waals surface area contributed by atoms with Crippen LogP contribution in [0.5, 0.6) is 5.75 Å². The summed E-state index contributed by atoms with van der Waals surface area (Å²) in [6.07, 6.45) is 0. The topological polar surface area (TPSA) is 56.8 Å². The van der Waals surface area contributed by atoms with Crippen LogP contribution in [0.3, 0.4) is 0 Å². The van der Waals surface area contributed by atoms with Crippen LogP contribution in [0.25, 0.3) is 0 Å². The van der Waals surface area contributed by atoms with Gasteiger partial charge in [-0.2, -0.15) is 0 Å². The lowest BCUT2D eigenvalue weighted by Crippen LogP contribution is -2.44. The Kier molecular flexibility index (Phi) is 6.68. The SMILES string of the molecule is COc1ccccc1CNCC(=O)Nc1ccc(N2CCN(C)CC2)cc1. The predicted octanol–water partition coefficient (Wildman–Crippen LogP) is 2.18. The van der Waals surface area contributed by atoms with Crippen LogP contribution < -0.4 is 20.3 Å². The van der Waals surface area contributed by atoms with Gasteiger partial charge in [-0.3, -0.25) is 4.79 Å². The summed E-state index contributed by atoms with van der Waals surface area (Å²) in [7, 11) is 3.80. The van der Waals surface area contributed by atoms with Crippen molar-refractivity contribution in [1.82, 2.24) is 10.2 Å². The van der Waals surface area contributed by atoms with E-state index < -0.39 is 0 Å². The number of methoxy groups -OCH3 is 1. The standard InChI is InChI=1S/C21H28N4O2/c1-24-11-13-25(14-12-24)19-9-7-18(8-10-19)23-21(26)16-22-15-17-5-3-4-6-20(17)27-2/h3-10,22H,11-16H2,1-2H3,(H,23,26). The Bertz CT molecular complexity index is 740. The van der Waals surface area contributed by atoms with E-state index in [-0.39, 0.29) is 12.5 Å². The van der Waals surface area contributed by atoms with Crippen molar-refractivity contribution in [3.8, 4) is 5.75 Å². The van der Waals surface area contributed by atoms with Crippen molar-refractivity contribution in [2.75, 3.05) is 57.1 Å². The first-order chi connectivity index (χ1) is 13.2. The van der Waals surface area contributed by atoms with Crippen LogP contribution in [0.15, 0.2) is 48.5 Å². The average Bonchev–Trinajstić information content (AvgIpc) is 2.69. The molecule has 2 N–H and O–H groups in total. The molecule has 0 saturated carbocycles. The summed E-state index contributed by atoms with van der Waals surface area (Å²) < 4.78 is 5.32. The molecule has 27 heavy (non-hydrogen) atoms. The molecule has 0 bridgehead atoms. The van der Waals surface area contributed by atoms with E-state index in [4.69, 9.17) is 4.74 Å². The third-order valence-electron chi connectivity index (χ3n) is 4.81. The van der Waals surface area contributed by atoms with Crippen LogP contribution in [0.4, 0.5) is 11.4 Å². The highest BCUT2D eigenvalue weighted by molar-refractivity contribution is 5.92. The minimum atomic E-state index is -0.0581. The summed E-state index contributed by atoms with van der Waals surface area (Å²) in [6, 6.07) is 15.9. The quantitative estimate of drug-likeness (QED) is 0.785. The highest BCUT2D eigenvalue weighted by atomic mass is 16.5. The van der Waals surface area contributed by atoms with Crippen LogP contribution in [0, 0.1) is 0 Å². The van der Waals surface area contributed by atoms with Crippen LogP contribution >= 0.6 is 0 Å². The van der Waals surface area contributed by atoms with Crippen molar-refractivity contribution in [2.24, 2.45) is 0 Å². The molecule has 144 valence electrons. The van der Waals surface area contributed by atoms with Gasteiger partial charge in [0.15, 0.2) is 0 Å². The lowest BCUT2D eigenvalue weighted by Gasteiger charge is -2.34. The second kappa shape index (κ2) is 9.39. The van der Waals surface area contributed by atoms with Crippen LogP contribution in [-0.4, -0.2) is 57.7 Å². The van der Waals surface area contributed by atoms with Crippen molar-refractivity contribution in [3.63, 3.8) is 0 Å². The molecule has 1 saturated heterocycles. The maximum atomic E-state index is 12.2. The molecule has 2 aromatic carbocycles. The molecule has 1 aliphatic rings. The van der Waals surface area contributed by atoms with E-state index in [0.717, 1.165) is 43.2 Å². The van der Waals surface area contributed by atoms with Crippen molar-refractivity contribution in [2.45, 2.75) is 6.54 Å². The highest BCUT2D eigenvalue weighted by Gasteiger charge is 2.14. The predicted molar refractivity (Wildman–Crippen MR) is 109 cm³/mol. The summed E-state index contributed by atoms with van der Waals surface area (Å²) in [5.41, 5.74) is 3.05. The summed E-state index contributed by atoms with van der Waals surface area (Å²) in [6.45, 7) is 5.06. The van der Waals surface area contributed by atoms with Crippen molar-refractivity contribution in [3.05, 3.63) is 54.1 Å². The van der Waals surface area contributed by atoms with Gasteiger partial charge in [-0.25, -0.2) is 0 Å². The van der Waals surface area contributed by atoms with E-state index in [1.165, 1.54) is 5.69 Å². The zero-order valence-corrected chi connectivity index (χ0v) is 16.1. The third kappa shape index (κ3) is 5.45. The number of hydrogen-bond acceptors (Lipinski definition) is 5.